The molecule has 0 aliphatic heterocycles. The van der Waals surface area contributed by atoms with Crippen molar-refractivity contribution < 1.29 is 9.15 Å². The maximum atomic E-state index is 5.60. The van der Waals surface area contributed by atoms with E-state index < -0.39 is 0 Å². The number of hydrogen-bond donors (Lipinski definition) is 3. The van der Waals surface area contributed by atoms with Crippen molar-refractivity contribution in [3.8, 4) is 0 Å². The molecule has 0 radical (unpaired) electrons. The number of aliphatic imine (C=N–C) groups is 1. The Labute approximate surface area is 166 Å². The largest absolute Gasteiger partial charge is 0.467 e. The molecule has 3 aromatic rings. The summed E-state index contributed by atoms with van der Waals surface area (Å²) < 4.78 is 10.8. The minimum Gasteiger partial charge on any atom is -0.467 e. The summed E-state index contributed by atoms with van der Waals surface area (Å²) in [6.45, 7) is 5.76. The third-order valence-corrected chi connectivity index (χ3v) is 4.48. The highest BCUT2D eigenvalue weighted by molar-refractivity contribution is 5.83. The van der Waals surface area contributed by atoms with Gasteiger partial charge in [0.15, 0.2) is 5.96 Å². The monoisotopic (exact) mass is 382 g/mol. The van der Waals surface area contributed by atoms with Gasteiger partial charge in [0.25, 0.3) is 0 Å². The molecule has 0 saturated heterocycles. The highest BCUT2D eigenvalue weighted by atomic mass is 16.5. The predicted molar refractivity (Wildman–Crippen MR) is 114 cm³/mol. The van der Waals surface area contributed by atoms with Gasteiger partial charge in [-0.2, -0.15) is 0 Å². The molecule has 3 rings (SSSR count). The number of guanidine groups is 1. The van der Waals surface area contributed by atoms with Crippen molar-refractivity contribution in [1.82, 2.24) is 15.6 Å². The molecular weight excluding hydrogens is 352 g/mol. The van der Waals surface area contributed by atoms with Crippen LogP contribution >= 0.6 is 0 Å². The Morgan fingerprint density at radius 3 is 2.93 bits per heavy atom. The second-order valence-corrected chi connectivity index (χ2v) is 6.64. The van der Waals surface area contributed by atoms with Gasteiger partial charge in [0.2, 0.25) is 0 Å². The van der Waals surface area contributed by atoms with Crippen molar-refractivity contribution in [2.45, 2.75) is 32.8 Å². The zero-order chi connectivity index (χ0) is 19.4. The summed E-state index contributed by atoms with van der Waals surface area (Å²) in [6, 6.07) is 12.2. The zero-order valence-corrected chi connectivity index (χ0v) is 16.5. The van der Waals surface area contributed by atoms with Gasteiger partial charge < -0.3 is 24.8 Å². The summed E-state index contributed by atoms with van der Waals surface area (Å²) in [5, 5.41) is 7.97. The SMILES string of the molecule is CCNC(=NCCCc1c[nH]c2ccccc12)NCCCOCc1ccco1. The minimum absolute atomic E-state index is 0.523. The first-order chi connectivity index (χ1) is 13.9. The van der Waals surface area contributed by atoms with Crippen molar-refractivity contribution in [3.63, 3.8) is 0 Å². The number of aromatic nitrogens is 1. The second-order valence-electron chi connectivity index (χ2n) is 6.64. The van der Waals surface area contributed by atoms with Gasteiger partial charge in [0.05, 0.1) is 6.26 Å². The number of hydrogen-bond acceptors (Lipinski definition) is 3. The maximum Gasteiger partial charge on any atom is 0.191 e. The number of H-pyrrole nitrogens is 1. The van der Waals surface area contributed by atoms with E-state index in [2.05, 4.69) is 58.0 Å². The van der Waals surface area contributed by atoms with E-state index in [9.17, 15) is 0 Å². The Hall–Kier alpha value is -2.73. The van der Waals surface area contributed by atoms with Gasteiger partial charge in [-0.05, 0) is 49.9 Å². The number of nitrogens with one attached hydrogen (secondary N) is 3. The summed E-state index contributed by atoms with van der Waals surface area (Å²) >= 11 is 0. The van der Waals surface area contributed by atoms with Crippen LogP contribution in [0.5, 0.6) is 0 Å². The fraction of sp³-hybridized carbons (Fsp3) is 0.409. The standard InChI is InChI=1S/C22H30N4O2/c1-2-23-22(25-13-7-14-27-17-19-9-6-15-28-19)24-12-5-8-18-16-26-21-11-4-3-10-20(18)21/h3-4,6,9-11,15-16,26H,2,5,7-8,12-14,17H2,1H3,(H2,23,24,25). The fourth-order valence-corrected chi connectivity index (χ4v) is 3.09. The zero-order valence-electron chi connectivity index (χ0n) is 16.5. The van der Waals surface area contributed by atoms with E-state index in [-0.39, 0.29) is 0 Å². The van der Waals surface area contributed by atoms with E-state index in [0.717, 1.165) is 50.6 Å². The lowest BCUT2D eigenvalue weighted by Crippen LogP contribution is -2.38. The fourth-order valence-electron chi connectivity index (χ4n) is 3.09. The molecule has 0 bridgehead atoms. The molecule has 3 N–H and O–H groups in total. The van der Waals surface area contributed by atoms with Gasteiger partial charge in [-0.15, -0.1) is 0 Å². The quantitative estimate of drug-likeness (QED) is 0.267. The number of rotatable bonds is 11. The van der Waals surface area contributed by atoms with Crippen molar-refractivity contribution in [1.29, 1.82) is 0 Å². The molecule has 2 aromatic heterocycles. The number of fused-ring (bicyclic) bond motifs is 1. The molecule has 0 aliphatic rings. The van der Waals surface area contributed by atoms with Gasteiger partial charge in [-0.3, -0.25) is 4.99 Å². The Balaban J connectivity index is 1.34. The summed E-state index contributed by atoms with van der Waals surface area (Å²) in [7, 11) is 0. The number of benzene rings is 1. The van der Waals surface area contributed by atoms with Crippen LogP contribution in [0.25, 0.3) is 10.9 Å². The van der Waals surface area contributed by atoms with Gasteiger partial charge in [-0.1, -0.05) is 18.2 Å². The van der Waals surface area contributed by atoms with Crippen LogP contribution in [0.4, 0.5) is 0 Å². The topological polar surface area (TPSA) is 74.6 Å². The van der Waals surface area contributed by atoms with Crippen LogP contribution < -0.4 is 10.6 Å². The number of para-hydroxylation sites is 1. The van der Waals surface area contributed by atoms with E-state index in [1.54, 1.807) is 6.26 Å². The molecule has 0 atom stereocenters. The lowest BCUT2D eigenvalue weighted by atomic mass is 10.1. The molecule has 2 heterocycles. The van der Waals surface area contributed by atoms with Gasteiger partial charge >= 0.3 is 0 Å². The molecule has 1 aromatic carbocycles. The molecule has 6 nitrogen and oxygen atoms in total. The highest BCUT2D eigenvalue weighted by Gasteiger charge is 2.03. The van der Waals surface area contributed by atoms with Crippen LogP contribution in [0.2, 0.25) is 0 Å². The van der Waals surface area contributed by atoms with E-state index in [1.807, 2.05) is 12.1 Å². The third-order valence-electron chi connectivity index (χ3n) is 4.48. The number of aromatic amines is 1. The van der Waals surface area contributed by atoms with Gasteiger partial charge in [-0.25, -0.2) is 0 Å². The Morgan fingerprint density at radius 2 is 2.07 bits per heavy atom. The molecule has 0 aliphatic carbocycles. The summed E-state index contributed by atoms with van der Waals surface area (Å²) in [6.07, 6.45) is 6.73. The van der Waals surface area contributed by atoms with E-state index in [0.29, 0.717) is 13.2 Å². The summed E-state index contributed by atoms with van der Waals surface area (Å²) in [5.41, 5.74) is 2.56. The van der Waals surface area contributed by atoms with Crippen LogP contribution in [-0.2, 0) is 17.8 Å². The number of aryl methyl sites for hydroxylation is 1. The lowest BCUT2D eigenvalue weighted by molar-refractivity contribution is 0.105. The molecule has 28 heavy (non-hydrogen) atoms. The Bertz CT molecular complexity index is 839. The number of nitrogens with zero attached hydrogens (tertiary/aromatic N) is 1. The van der Waals surface area contributed by atoms with E-state index in [4.69, 9.17) is 9.15 Å². The molecular formula is C22H30N4O2. The minimum atomic E-state index is 0.523. The molecule has 0 fully saturated rings. The van der Waals surface area contributed by atoms with Gasteiger partial charge in [0.1, 0.15) is 12.4 Å². The molecule has 0 spiro atoms. The highest BCUT2D eigenvalue weighted by Crippen LogP contribution is 2.18. The van der Waals surface area contributed by atoms with Crippen LogP contribution in [0.3, 0.4) is 0 Å². The second kappa shape index (κ2) is 11.2. The van der Waals surface area contributed by atoms with Crippen molar-refractivity contribution in [3.05, 3.63) is 60.2 Å². The van der Waals surface area contributed by atoms with E-state index in [1.165, 1.54) is 16.5 Å². The third kappa shape index (κ3) is 6.16. The van der Waals surface area contributed by atoms with Crippen LogP contribution in [0.1, 0.15) is 31.1 Å². The molecule has 0 saturated carbocycles. The first-order valence-electron chi connectivity index (χ1n) is 10.0. The smallest absolute Gasteiger partial charge is 0.191 e. The normalized spacial score (nSPS) is 11.8. The van der Waals surface area contributed by atoms with Gasteiger partial charge in [0, 0.05) is 43.3 Å². The molecule has 0 unspecified atom stereocenters. The van der Waals surface area contributed by atoms with E-state index >= 15 is 0 Å². The first kappa shape index (κ1) is 20.0. The number of furan rings is 1. The predicted octanol–water partition coefficient (Wildman–Crippen LogP) is 3.86. The molecule has 0 amide bonds. The number of ether oxygens (including phenoxy) is 1. The Morgan fingerprint density at radius 1 is 1.14 bits per heavy atom. The molecule has 6 heteroatoms. The van der Waals surface area contributed by atoms with Crippen molar-refractivity contribution in [2.24, 2.45) is 4.99 Å². The van der Waals surface area contributed by atoms with Crippen LogP contribution in [0, 0.1) is 0 Å². The lowest BCUT2D eigenvalue weighted by Gasteiger charge is -2.11. The summed E-state index contributed by atoms with van der Waals surface area (Å²) in [5.74, 6) is 1.73. The molecule has 150 valence electrons. The maximum absolute atomic E-state index is 5.60. The Kier molecular flexibility index (Phi) is 8.00. The van der Waals surface area contributed by atoms with Crippen molar-refractivity contribution in [2.75, 3.05) is 26.2 Å². The average Bonchev–Trinajstić information content (AvgIpc) is 3.38. The van der Waals surface area contributed by atoms with Crippen LogP contribution in [0.15, 0.2) is 58.3 Å². The van der Waals surface area contributed by atoms with Crippen LogP contribution in [-0.4, -0.2) is 37.2 Å². The first-order valence-corrected chi connectivity index (χ1v) is 10.0. The average molecular weight is 383 g/mol. The summed E-state index contributed by atoms with van der Waals surface area (Å²) in [4.78, 5) is 8.01. The van der Waals surface area contributed by atoms with Crippen molar-refractivity contribution >= 4 is 16.9 Å².